The van der Waals surface area contributed by atoms with Gasteiger partial charge in [0.05, 0.1) is 13.2 Å². The summed E-state index contributed by atoms with van der Waals surface area (Å²) in [5.74, 6) is 0.960. The summed E-state index contributed by atoms with van der Waals surface area (Å²) in [4.78, 5) is 14.1. The molecule has 1 amide bonds. The van der Waals surface area contributed by atoms with Gasteiger partial charge in [0.25, 0.3) is 0 Å². The maximum atomic E-state index is 11.9. The Morgan fingerprint density at radius 2 is 2.24 bits per heavy atom. The van der Waals surface area contributed by atoms with Crippen molar-refractivity contribution in [2.75, 3.05) is 26.2 Å². The maximum Gasteiger partial charge on any atom is 0.234 e. The highest BCUT2D eigenvalue weighted by Gasteiger charge is 2.27. The van der Waals surface area contributed by atoms with Crippen LogP contribution in [0.1, 0.15) is 31.4 Å². The fourth-order valence-corrected chi connectivity index (χ4v) is 2.77. The molecule has 0 saturated carbocycles. The van der Waals surface area contributed by atoms with Gasteiger partial charge in [0, 0.05) is 12.6 Å². The zero-order chi connectivity index (χ0) is 15.1. The van der Waals surface area contributed by atoms with Crippen molar-refractivity contribution in [3.63, 3.8) is 0 Å². The molecule has 1 N–H and O–H groups in total. The number of carbonyl (C=O) groups is 1. The highest BCUT2D eigenvalue weighted by molar-refractivity contribution is 5.78. The number of rotatable bonds is 7. The predicted octanol–water partition coefficient (Wildman–Crippen LogP) is 2.52. The Balaban J connectivity index is 1.97. The summed E-state index contributed by atoms with van der Waals surface area (Å²) < 4.78 is 5.47. The predicted molar refractivity (Wildman–Crippen MR) is 84.4 cm³/mol. The summed E-state index contributed by atoms with van der Waals surface area (Å²) in [7, 11) is 0. The minimum absolute atomic E-state index is 0.0627. The van der Waals surface area contributed by atoms with Gasteiger partial charge in [-0.15, -0.1) is 6.58 Å². The monoisotopic (exact) mass is 288 g/mol. The molecular formula is C17H24N2O2. The van der Waals surface area contributed by atoms with Crippen molar-refractivity contribution in [3.05, 3.63) is 42.5 Å². The van der Waals surface area contributed by atoms with Crippen molar-refractivity contribution in [1.82, 2.24) is 10.2 Å². The van der Waals surface area contributed by atoms with Crippen LogP contribution in [0.3, 0.4) is 0 Å². The third-order valence-electron chi connectivity index (χ3n) is 3.73. The summed E-state index contributed by atoms with van der Waals surface area (Å²) in [6.07, 6.45) is 3.93. The van der Waals surface area contributed by atoms with Crippen LogP contribution in [-0.2, 0) is 4.79 Å². The number of nitrogens with one attached hydrogen (secondary N) is 1. The number of hydrogen-bond acceptors (Lipinski definition) is 3. The molecule has 1 aliphatic heterocycles. The quantitative estimate of drug-likeness (QED) is 0.784. The summed E-state index contributed by atoms with van der Waals surface area (Å²) in [6, 6.07) is 8.56. The SMILES string of the molecule is C=CCNC(=O)CN1CCCC1c1ccc(OCC)cc1. The molecular weight excluding hydrogens is 264 g/mol. The molecule has 0 aliphatic carbocycles. The minimum atomic E-state index is 0.0627. The van der Waals surface area contributed by atoms with Gasteiger partial charge in [-0.1, -0.05) is 18.2 Å². The van der Waals surface area contributed by atoms with Crippen LogP contribution < -0.4 is 10.1 Å². The van der Waals surface area contributed by atoms with E-state index in [0.29, 0.717) is 25.7 Å². The van der Waals surface area contributed by atoms with Gasteiger partial charge in [0.15, 0.2) is 0 Å². The topological polar surface area (TPSA) is 41.6 Å². The van der Waals surface area contributed by atoms with E-state index in [1.165, 1.54) is 5.56 Å². The van der Waals surface area contributed by atoms with E-state index in [9.17, 15) is 4.79 Å². The van der Waals surface area contributed by atoms with E-state index in [2.05, 4.69) is 28.9 Å². The van der Waals surface area contributed by atoms with Crippen molar-refractivity contribution < 1.29 is 9.53 Å². The lowest BCUT2D eigenvalue weighted by atomic mass is 10.0. The smallest absolute Gasteiger partial charge is 0.234 e. The van der Waals surface area contributed by atoms with Gasteiger partial charge in [-0.05, 0) is 44.0 Å². The van der Waals surface area contributed by atoms with Crippen LogP contribution in [0.15, 0.2) is 36.9 Å². The van der Waals surface area contributed by atoms with Crippen LogP contribution in [0, 0.1) is 0 Å². The van der Waals surface area contributed by atoms with Crippen molar-refractivity contribution in [2.45, 2.75) is 25.8 Å². The lowest BCUT2D eigenvalue weighted by Gasteiger charge is -2.24. The zero-order valence-electron chi connectivity index (χ0n) is 12.7. The summed E-state index contributed by atoms with van der Waals surface area (Å²) >= 11 is 0. The molecule has 0 radical (unpaired) electrons. The minimum Gasteiger partial charge on any atom is -0.494 e. The number of amides is 1. The van der Waals surface area contributed by atoms with E-state index in [-0.39, 0.29) is 5.91 Å². The largest absolute Gasteiger partial charge is 0.494 e. The van der Waals surface area contributed by atoms with Gasteiger partial charge in [-0.2, -0.15) is 0 Å². The highest BCUT2D eigenvalue weighted by atomic mass is 16.5. The van der Waals surface area contributed by atoms with Gasteiger partial charge < -0.3 is 10.1 Å². The summed E-state index contributed by atoms with van der Waals surface area (Å²) in [5, 5.41) is 2.84. The average Bonchev–Trinajstić information content (AvgIpc) is 2.94. The van der Waals surface area contributed by atoms with Crippen LogP contribution in [0.25, 0.3) is 0 Å². The Labute approximate surface area is 126 Å². The van der Waals surface area contributed by atoms with Crippen LogP contribution in [-0.4, -0.2) is 37.0 Å². The van der Waals surface area contributed by atoms with E-state index in [4.69, 9.17) is 4.74 Å². The molecule has 114 valence electrons. The van der Waals surface area contributed by atoms with Gasteiger partial charge in [-0.25, -0.2) is 0 Å². The number of carbonyl (C=O) groups excluding carboxylic acids is 1. The van der Waals surface area contributed by atoms with Gasteiger partial charge in [-0.3, -0.25) is 9.69 Å². The third kappa shape index (κ3) is 4.33. The molecule has 1 fully saturated rings. The Bertz CT molecular complexity index is 470. The first kappa shape index (κ1) is 15.6. The summed E-state index contributed by atoms with van der Waals surface area (Å²) in [5.41, 5.74) is 1.26. The standard InChI is InChI=1S/C17H24N2O2/c1-3-11-18-17(20)13-19-12-5-6-16(19)14-7-9-15(10-8-14)21-4-2/h3,7-10,16H,1,4-6,11-13H2,2H3,(H,18,20). The second-order valence-electron chi connectivity index (χ2n) is 5.22. The molecule has 1 atom stereocenters. The number of ether oxygens (including phenoxy) is 1. The Morgan fingerprint density at radius 1 is 1.48 bits per heavy atom. The van der Waals surface area contributed by atoms with E-state index in [1.807, 2.05) is 19.1 Å². The van der Waals surface area contributed by atoms with Crippen molar-refractivity contribution in [3.8, 4) is 5.75 Å². The molecule has 2 rings (SSSR count). The molecule has 1 heterocycles. The first-order valence-corrected chi connectivity index (χ1v) is 7.59. The average molecular weight is 288 g/mol. The van der Waals surface area contributed by atoms with Crippen LogP contribution in [0.2, 0.25) is 0 Å². The van der Waals surface area contributed by atoms with Crippen molar-refractivity contribution >= 4 is 5.91 Å². The molecule has 1 aromatic rings. The Morgan fingerprint density at radius 3 is 2.90 bits per heavy atom. The lowest BCUT2D eigenvalue weighted by molar-refractivity contribution is -0.122. The second kappa shape index (κ2) is 7.84. The molecule has 0 aromatic heterocycles. The molecule has 4 nitrogen and oxygen atoms in total. The van der Waals surface area contributed by atoms with E-state index >= 15 is 0 Å². The highest BCUT2D eigenvalue weighted by Crippen LogP contribution is 2.32. The number of hydrogen-bond donors (Lipinski definition) is 1. The molecule has 1 aromatic carbocycles. The van der Waals surface area contributed by atoms with Gasteiger partial charge >= 0.3 is 0 Å². The number of likely N-dealkylation sites (tertiary alicyclic amines) is 1. The van der Waals surface area contributed by atoms with E-state index in [1.54, 1.807) is 6.08 Å². The first-order valence-electron chi connectivity index (χ1n) is 7.59. The molecule has 1 saturated heterocycles. The van der Waals surface area contributed by atoms with Crippen molar-refractivity contribution in [1.29, 1.82) is 0 Å². The summed E-state index contributed by atoms with van der Waals surface area (Å²) in [6.45, 7) is 8.22. The number of benzene rings is 1. The van der Waals surface area contributed by atoms with Crippen LogP contribution >= 0.6 is 0 Å². The van der Waals surface area contributed by atoms with E-state index in [0.717, 1.165) is 25.1 Å². The Hall–Kier alpha value is -1.81. The number of nitrogens with zero attached hydrogens (tertiary/aromatic N) is 1. The first-order chi connectivity index (χ1) is 10.2. The second-order valence-corrected chi connectivity index (χ2v) is 5.22. The fourth-order valence-electron chi connectivity index (χ4n) is 2.77. The molecule has 4 heteroatoms. The molecule has 1 unspecified atom stereocenters. The fraction of sp³-hybridized carbons (Fsp3) is 0.471. The molecule has 21 heavy (non-hydrogen) atoms. The van der Waals surface area contributed by atoms with Gasteiger partial charge in [0.1, 0.15) is 5.75 Å². The lowest BCUT2D eigenvalue weighted by Crippen LogP contribution is -2.36. The molecule has 0 bridgehead atoms. The third-order valence-corrected chi connectivity index (χ3v) is 3.73. The van der Waals surface area contributed by atoms with Gasteiger partial charge in [0.2, 0.25) is 5.91 Å². The molecule has 1 aliphatic rings. The normalized spacial score (nSPS) is 18.4. The van der Waals surface area contributed by atoms with Crippen LogP contribution in [0.4, 0.5) is 0 Å². The van der Waals surface area contributed by atoms with Crippen molar-refractivity contribution in [2.24, 2.45) is 0 Å². The van der Waals surface area contributed by atoms with Crippen LogP contribution in [0.5, 0.6) is 5.75 Å². The zero-order valence-corrected chi connectivity index (χ0v) is 12.7. The van der Waals surface area contributed by atoms with E-state index < -0.39 is 0 Å². The molecule has 0 spiro atoms. The Kier molecular flexibility index (Phi) is 5.81. The maximum absolute atomic E-state index is 11.9.